The molecule has 2 rings (SSSR count). The number of ether oxygens (including phenoxy) is 2. The molecular formula is C17H19NO7S. The van der Waals surface area contributed by atoms with Crippen LogP contribution in [0, 0.1) is 0 Å². The Morgan fingerprint density at radius 3 is 2.42 bits per heavy atom. The van der Waals surface area contributed by atoms with Gasteiger partial charge >= 0.3 is 11.9 Å². The first kappa shape index (κ1) is 19.6. The summed E-state index contributed by atoms with van der Waals surface area (Å²) in [4.78, 5) is 34.7. The van der Waals surface area contributed by atoms with E-state index in [1.54, 1.807) is 19.1 Å². The predicted octanol–water partition coefficient (Wildman–Crippen LogP) is 0.854. The number of esters is 2. The van der Waals surface area contributed by atoms with Gasteiger partial charge in [-0.25, -0.2) is 18.0 Å². The lowest BCUT2D eigenvalue weighted by atomic mass is 10.1. The van der Waals surface area contributed by atoms with Crippen molar-refractivity contribution >= 4 is 33.4 Å². The molecule has 9 heteroatoms. The molecule has 0 saturated heterocycles. The summed E-state index contributed by atoms with van der Waals surface area (Å²) in [5.41, 5.74) is 1.62. The Bertz CT molecular complexity index is 858. The zero-order valence-electron chi connectivity index (χ0n) is 14.4. The first-order chi connectivity index (χ1) is 12.2. The van der Waals surface area contributed by atoms with Gasteiger partial charge in [-0.1, -0.05) is 0 Å². The molecule has 0 bridgehead atoms. The molecule has 140 valence electrons. The van der Waals surface area contributed by atoms with E-state index in [2.05, 4.69) is 4.74 Å². The summed E-state index contributed by atoms with van der Waals surface area (Å²) < 4.78 is 34.1. The Labute approximate surface area is 151 Å². The van der Waals surface area contributed by atoms with Crippen LogP contribution in [0.1, 0.15) is 22.8 Å². The maximum atomic E-state index is 12.1. The van der Waals surface area contributed by atoms with Crippen LogP contribution in [0.2, 0.25) is 0 Å². The summed E-state index contributed by atoms with van der Waals surface area (Å²) in [6.07, 6.45) is 3.44. The molecule has 0 N–H and O–H groups in total. The number of carbonyl (C=O) groups is 3. The molecule has 0 amide bonds. The molecule has 26 heavy (non-hydrogen) atoms. The van der Waals surface area contributed by atoms with Crippen molar-refractivity contribution in [2.24, 2.45) is 0 Å². The summed E-state index contributed by atoms with van der Waals surface area (Å²) >= 11 is 0. The highest BCUT2D eigenvalue weighted by Crippen LogP contribution is 2.30. The largest absolute Gasteiger partial charge is 0.463 e. The van der Waals surface area contributed by atoms with Gasteiger partial charge in [-0.2, -0.15) is 0 Å². The molecule has 1 aliphatic rings. The summed E-state index contributed by atoms with van der Waals surface area (Å²) in [5, 5.41) is 0. The van der Waals surface area contributed by atoms with Crippen molar-refractivity contribution in [3.63, 3.8) is 0 Å². The smallest absolute Gasteiger partial charge is 0.331 e. The average molecular weight is 381 g/mol. The number of carbonyl (C=O) groups excluding carboxylic acids is 3. The van der Waals surface area contributed by atoms with Gasteiger partial charge < -0.3 is 9.47 Å². The number of anilines is 1. The van der Waals surface area contributed by atoms with Crippen LogP contribution in [0.15, 0.2) is 30.4 Å². The van der Waals surface area contributed by atoms with Gasteiger partial charge in [0, 0.05) is 24.3 Å². The number of benzene rings is 1. The summed E-state index contributed by atoms with van der Waals surface area (Å²) in [6.45, 7) is 1.67. The number of fused-ring (bicyclic) bond motifs is 1. The van der Waals surface area contributed by atoms with Crippen LogP contribution in [0.25, 0.3) is 0 Å². The highest BCUT2D eigenvalue weighted by Gasteiger charge is 2.26. The minimum Gasteiger partial charge on any atom is -0.463 e. The average Bonchev–Trinajstić information content (AvgIpc) is 3.01. The van der Waals surface area contributed by atoms with Crippen molar-refractivity contribution in [3.8, 4) is 0 Å². The van der Waals surface area contributed by atoms with Gasteiger partial charge in [0.05, 0.1) is 18.6 Å². The van der Waals surface area contributed by atoms with Crippen molar-refractivity contribution < 1.29 is 32.3 Å². The van der Waals surface area contributed by atoms with E-state index in [9.17, 15) is 22.8 Å². The van der Waals surface area contributed by atoms with Crippen molar-refractivity contribution in [1.82, 2.24) is 0 Å². The molecule has 0 spiro atoms. The van der Waals surface area contributed by atoms with E-state index in [0.29, 0.717) is 24.2 Å². The third-order valence-corrected chi connectivity index (χ3v) is 4.82. The fourth-order valence-corrected chi connectivity index (χ4v) is 3.44. The zero-order valence-corrected chi connectivity index (χ0v) is 15.2. The predicted molar refractivity (Wildman–Crippen MR) is 93.4 cm³/mol. The van der Waals surface area contributed by atoms with Crippen LogP contribution in [-0.4, -0.2) is 52.2 Å². The van der Waals surface area contributed by atoms with Crippen molar-refractivity contribution in [3.05, 3.63) is 41.5 Å². The quantitative estimate of drug-likeness (QED) is 0.391. The Hall–Kier alpha value is -2.68. The molecule has 0 aromatic heterocycles. The molecule has 1 heterocycles. The number of ketones is 1. The van der Waals surface area contributed by atoms with E-state index >= 15 is 0 Å². The van der Waals surface area contributed by atoms with Crippen LogP contribution < -0.4 is 4.31 Å². The standard InChI is InChI=1S/C17H19NO7S/c1-3-24-16(20)6-7-17(21)25-11-15(19)13-4-5-14-12(10-13)8-9-18(14)26(2,22)23/h4-7,10H,3,8-9,11H2,1-2H3/b7-6+. The molecule has 0 saturated carbocycles. The maximum Gasteiger partial charge on any atom is 0.331 e. The van der Waals surface area contributed by atoms with Crippen molar-refractivity contribution in [2.45, 2.75) is 13.3 Å². The summed E-state index contributed by atoms with van der Waals surface area (Å²) in [6, 6.07) is 4.66. The van der Waals surface area contributed by atoms with Crippen LogP contribution in [0.3, 0.4) is 0 Å². The van der Waals surface area contributed by atoms with E-state index in [0.717, 1.165) is 24.0 Å². The lowest BCUT2D eigenvalue weighted by Gasteiger charge is -2.16. The van der Waals surface area contributed by atoms with Crippen LogP contribution in [0.5, 0.6) is 0 Å². The second-order valence-electron chi connectivity index (χ2n) is 5.54. The van der Waals surface area contributed by atoms with Gasteiger partial charge in [0.1, 0.15) is 0 Å². The maximum absolute atomic E-state index is 12.1. The minimum absolute atomic E-state index is 0.186. The molecular weight excluding hydrogens is 362 g/mol. The fraction of sp³-hybridized carbons (Fsp3) is 0.353. The number of sulfonamides is 1. The number of hydrogen-bond donors (Lipinski definition) is 0. The van der Waals surface area contributed by atoms with Crippen LogP contribution >= 0.6 is 0 Å². The molecule has 1 aromatic rings. The molecule has 0 radical (unpaired) electrons. The normalized spacial score (nSPS) is 13.5. The Kier molecular flexibility index (Phi) is 6.14. The topological polar surface area (TPSA) is 107 Å². The first-order valence-electron chi connectivity index (χ1n) is 7.87. The number of hydrogen-bond acceptors (Lipinski definition) is 7. The van der Waals surface area contributed by atoms with Gasteiger partial charge in [0.15, 0.2) is 12.4 Å². The monoisotopic (exact) mass is 381 g/mol. The van der Waals surface area contributed by atoms with Crippen molar-refractivity contribution in [2.75, 3.05) is 30.3 Å². The van der Waals surface area contributed by atoms with E-state index in [1.165, 1.54) is 10.4 Å². The summed E-state index contributed by atoms with van der Waals surface area (Å²) in [5.74, 6) is -1.94. The molecule has 0 fully saturated rings. The molecule has 1 aliphatic heterocycles. The molecule has 0 aliphatic carbocycles. The second kappa shape index (κ2) is 8.13. The molecule has 0 atom stereocenters. The second-order valence-corrected chi connectivity index (χ2v) is 7.45. The highest BCUT2D eigenvalue weighted by atomic mass is 32.2. The Balaban J connectivity index is 1.97. The van der Waals surface area contributed by atoms with E-state index in [4.69, 9.17) is 4.74 Å². The van der Waals surface area contributed by atoms with Gasteiger partial charge in [0.25, 0.3) is 0 Å². The van der Waals surface area contributed by atoms with Crippen LogP contribution in [-0.2, 0) is 35.5 Å². The lowest BCUT2D eigenvalue weighted by molar-refractivity contribution is -0.139. The third-order valence-electron chi connectivity index (χ3n) is 3.64. The molecule has 8 nitrogen and oxygen atoms in total. The van der Waals surface area contributed by atoms with Gasteiger partial charge in [0.2, 0.25) is 10.0 Å². The third kappa shape index (κ3) is 4.92. The lowest BCUT2D eigenvalue weighted by Crippen LogP contribution is -2.27. The highest BCUT2D eigenvalue weighted by molar-refractivity contribution is 7.92. The van der Waals surface area contributed by atoms with Gasteiger partial charge in [-0.05, 0) is 37.1 Å². The van der Waals surface area contributed by atoms with Crippen LogP contribution in [0.4, 0.5) is 5.69 Å². The zero-order chi connectivity index (χ0) is 19.3. The van der Waals surface area contributed by atoms with E-state index in [-0.39, 0.29) is 6.61 Å². The number of rotatable bonds is 7. The minimum atomic E-state index is -3.35. The molecule has 0 unspecified atom stereocenters. The van der Waals surface area contributed by atoms with Gasteiger partial charge in [-0.3, -0.25) is 9.10 Å². The van der Waals surface area contributed by atoms with E-state index < -0.39 is 34.4 Å². The Morgan fingerprint density at radius 2 is 1.81 bits per heavy atom. The number of nitrogens with zero attached hydrogens (tertiary/aromatic N) is 1. The molecule has 1 aromatic carbocycles. The fourth-order valence-electron chi connectivity index (χ4n) is 2.48. The van der Waals surface area contributed by atoms with Gasteiger partial charge in [-0.15, -0.1) is 0 Å². The van der Waals surface area contributed by atoms with Crippen molar-refractivity contribution in [1.29, 1.82) is 0 Å². The number of Topliss-reactive ketones (excluding diaryl/α,β-unsaturated/α-hetero) is 1. The van der Waals surface area contributed by atoms with E-state index in [1.807, 2.05) is 0 Å². The SMILES string of the molecule is CCOC(=O)/C=C/C(=O)OCC(=O)c1ccc2c(c1)CCN2S(C)(=O)=O. The first-order valence-corrected chi connectivity index (χ1v) is 9.72. The summed E-state index contributed by atoms with van der Waals surface area (Å²) in [7, 11) is -3.35. The Morgan fingerprint density at radius 1 is 1.15 bits per heavy atom.